The molecule has 3 N–H and O–H groups in total. The van der Waals surface area contributed by atoms with Crippen LogP contribution in [0.1, 0.15) is 17.2 Å². The maximum absolute atomic E-state index is 10.5. The molecule has 1 aromatic carbocycles. The summed E-state index contributed by atoms with van der Waals surface area (Å²) < 4.78 is 4.90. The van der Waals surface area contributed by atoms with Gasteiger partial charge in [0, 0.05) is 0 Å². The van der Waals surface area contributed by atoms with Crippen molar-refractivity contribution in [3.8, 4) is 11.8 Å². The summed E-state index contributed by atoms with van der Waals surface area (Å²) in [5, 5.41) is 36.0. The van der Waals surface area contributed by atoms with Gasteiger partial charge in [-0.25, -0.2) is 4.79 Å². The Kier molecular flexibility index (Phi) is 4.04. The van der Waals surface area contributed by atoms with Crippen LogP contribution in [0.15, 0.2) is 18.2 Å². The van der Waals surface area contributed by atoms with Crippen LogP contribution in [0.2, 0.25) is 0 Å². The van der Waals surface area contributed by atoms with E-state index in [1.165, 1.54) is 25.3 Å². The third kappa shape index (κ3) is 2.72. The summed E-state index contributed by atoms with van der Waals surface area (Å²) in [5.41, 5.74) is 0.420. The number of aliphatic carboxylic acids is 1. The molecule has 0 fully saturated rings. The van der Waals surface area contributed by atoms with Gasteiger partial charge in [-0.2, -0.15) is 5.26 Å². The Morgan fingerprint density at radius 3 is 2.59 bits per heavy atom. The summed E-state index contributed by atoms with van der Waals surface area (Å²) in [6.07, 6.45) is -3.50. The van der Waals surface area contributed by atoms with Crippen molar-refractivity contribution in [3.63, 3.8) is 0 Å². The van der Waals surface area contributed by atoms with Crippen LogP contribution in [0.4, 0.5) is 0 Å². The predicted octanol–water partition coefficient (Wildman–Crippen LogP) is 0.0458. The summed E-state index contributed by atoms with van der Waals surface area (Å²) >= 11 is 0. The van der Waals surface area contributed by atoms with Crippen molar-refractivity contribution in [1.29, 1.82) is 5.26 Å². The van der Waals surface area contributed by atoms with Gasteiger partial charge in [-0.3, -0.25) is 0 Å². The van der Waals surface area contributed by atoms with Crippen LogP contribution in [-0.2, 0) is 4.79 Å². The fraction of sp³-hybridized carbons (Fsp3) is 0.273. The summed E-state index contributed by atoms with van der Waals surface area (Å²) in [6, 6.07) is 5.93. The second-order valence-corrected chi connectivity index (χ2v) is 3.30. The average molecular weight is 237 g/mol. The topological polar surface area (TPSA) is 111 Å². The maximum Gasteiger partial charge on any atom is 0.335 e. The molecular formula is C11H11NO5. The number of methoxy groups -OCH3 is 1. The lowest BCUT2D eigenvalue weighted by Gasteiger charge is -2.15. The molecule has 90 valence electrons. The van der Waals surface area contributed by atoms with E-state index < -0.39 is 18.2 Å². The van der Waals surface area contributed by atoms with Crippen molar-refractivity contribution in [2.24, 2.45) is 0 Å². The van der Waals surface area contributed by atoms with E-state index >= 15 is 0 Å². The predicted molar refractivity (Wildman–Crippen MR) is 56.3 cm³/mol. The highest BCUT2D eigenvalue weighted by Crippen LogP contribution is 2.25. The van der Waals surface area contributed by atoms with Crippen LogP contribution in [0.5, 0.6) is 5.75 Å². The molecule has 2 unspecified atom stereocenters. The molecule has 0 heterocycles. The molecule has 17 heavy (non-hydrogen) atoms. The quantitative estimate of drug-likeness (QED) is 0.682. The second kappa shape index (κ2) is 5.30. The van der Waals surface area contributed by atoms with Crippen LogP contribution in [0.25, 0.3) is 0 Å². The molecular weight excluding hydrogens is 226 g/mol. The molecule has 2 atom stereocenters. The van der Waals surface area contributed by atoms with Crippen LogP contribution >= 0.6 is 0 Å². The molecule has 0 aromatic heterocycles. The Bertz CT molecular complexity index is 465. The minimum absolute atomic E-state index is 0.163. The standard InChI is InChI=1S/C11H11NO5/c1-17-8-4-6(2-3-7(8)5-12)9(13)10(14)11(15)16/h2-4,9-10,13-14H,1H3,(H,15,16). The zero-order valence-corrected chi connectivity index (χ0v) is 8.99. The van der Waals surface area contributed by atoms with Crippen LogP contribution < -0.4 is 4.74 Å². The molecule has 0 radical (unpaired) electrons. The van der Waals surface area contributed by atoms with Gasteiger partial charge in [0.15, 0.2) is 6.10 Å². The zero-order chi connectivity index (χ0) is 13.0. The monoisotopic (exact) mass is 237 g/mol. The largest absolute Gasteiger partial charge is 0.495 e. The van der Waals surface area contributed by atoms with E-state index in [1.807, 2.05) is 6.07 Å². The lowest BCUT2D eigenvalue weighted by Crippen LogP contribution is -2.27. The lowest BCUT2D eigenvalue weighted by atomic mass is 10.0. The molecule has 0 amide bonds. The van der Waals surface area contributed by atoms with Crippen molar-refractivity contribution in [1.82, 2.24) is 0 Å². The Balaban J connectivity index is 3.08. The Labute approximate surface area is 97.3 Å². The number of ether oxygens (including phenoxy) is 1. The third-order valence-corrected chi connectivity index (χ3v) is 2.24. The molecule has 0 spiro atoms. The number of rotatable bonds is 4. The summed E-state index contributed by atoms with van der Waals surface area (Å²) in [6.45, 7) is 0. The number of hydrogen-bond donors (Lipinski definition) is 3. The van der Waals surface area contributed by atoms with Gasteiger partial charge in [0.2, 0.25) is 0 Å². The number of aliphatic hydroxyl groups is 2. The molecule has 1 aromatic rings. The van der Waals surface area contributed by atoms with Gasteiger partial charge in [0.05, 0.1) is 12.7 Å². The fourth-order valence-corrected chi connectivity index (χ4v) is 1.30. The maximum atomic E-state index is 10.5. The number of nitriles is 1. The second-order valence-electron chi connectivity index (χ2n) is 3.30. The van der Waals surface area contributed by atoms with Crippen LogP contribution in [-0.4, -0.2) is 34.5 Å². The van der Waals surface area contributed by atoms with E-state index in [4.69, 9.17) is 15.1 Å². The number of hydrogen-bond acceptors (Lipinski definition) is 5. The van der Waals surface area contributed by atoms with Crippen molar-refractivity contribution in [3.05, 3.63) is 29.3 Å². The van der Waals surface area contributed by atoms with E-state index in [0.717, 1.165) is 0 Å². The number of carbonyl (C=O) groups is 1. The highest BCUT2D eigenvalue weighted by molar-refractivity contribution is 5.73. The van der Waals surface area contributed by atoms with Gasteiger partial charge in [0.25, 0.3) is 0 Å². The van der Waals surface area contributed by atoms with Gasteiger partial charge in [0.1, 0.15) is 17.9 Å². The molecule has 0 saturated heterocycles. The minimum atomic E-state index is -1.92. The molecule has 0 saturated carbocycles. The summed E-state index contributed by atoms with van der Waals surface area (Å²) in [5.74, 6) is -1.32. The van der Waals surface area contributed by atoms with Gasteiger partial charge < -0.3 is 20.1 Å². The average Bonchev–Trinajstić information content (AvgIpc) is 2.35. The van der Waals surface area contributed by atoms with Gasteiger partial charge >= 0.3 is 5.97 Å². The van der Waals surface area contributed by atoms with Gasteiger partial charge in [-0.15, -0.1) is 0 Å². The van der Waals surface area contributed by atoms with E-state index in [9.17, 15) is 15.0 Å². The highest BCUT2D eigenvalue weighted by atomic mass is 16.5. The first-order valence-electron chi connectivity index (χ1n) is 4.68. The Hall–Kier alpha value is -2.10. The van der Waals surface area contributed by atoms with E-state index in [2.05, 4.69) is 0 Å². The van der Waals surface area contributed by atoms with Crippen LogP contribution in [0, 0.1) is 11.3 Å². The number of carboxylic acid groups (broad SMARTS) is 1. The van der Waals surface area contributed by atoms with E-state index in [-0.39, 0.29) is 16.9 Å². The van der Waals surface area contributed by atoms with Gasteiger partial charge in [-0.05, 0) is 17.7 Å². The molecule has 6 heteroatoms. The normalized spacial score (nSPS) is 13.5. The van der Waals surface area contributed by atoms with E-state index in [0.29, 0.717) is 0 Å². The molecule has 0 aliphatic carbocycles. The molecule has 0 aliphatic heterocycles. The SMILES string of the molecule is COc1cc(C(O)C(O)C(=O)O)ccc1C#N. The summed E-state index contributed by atoms with van der Waals surface area (Å²) in [7, 11) is 1.35. The van der Waals surface area contributed by atoms with Crippen molar-refractivity contribution in [2.75, 3.05) is 7.11 Å². The third-order valence-electron chi connectivity index (χ3n) is 2.24. The Morgan fingerprint density at radius 1 is 1.47 bits per heavy atom. The van der Waals surface area contributed by atoms with Crippen molar-refractivity contribution < 1.29 is 24.9 Å². The highest BCUT2D eigenvalue weighted by Gasteiger charge is 2.25. The lowest BCUT2D eigenvalue weighted by molar-refractivity contribution is -0.153. The first kappa shape index (κ1) is 13.0. The minimum Gasteiger partial charge on any atom is -0.495 e. The van der Waals surface area contributed by atoms with Crippen LogP contribution in [0.3, 0.4) is 0 Å². The van der Waals surface area contributed by atoms with Crippen molar-refractivity contribution >= 4 is 5.97 Å². The van der Waals surface area contributed by atoms with Gasteiger partial charge in [-0.1, -0.05) is 6.07 Å². The molecule has 1 rings (SSSR count). The number of benzene rings is 1. The first-order chi connectivity index (χ1) is 8.01. The van der Waals surface area contributed by atoms with E-state index in [1.54, 1.807) is 0 Å². The summed E-state index contributed by atoms with van der Waals surface area (Å²) in [4.78, 5) is 10.5. The first-order valence-corrected chi connectivity index (χ1v) is 4.68. The van der Waals surface area contributed by atoms with Crippen molar-refractivity contribution in [2.45, 2.75) is 12.2 Å². The molecule has 0 bridgehead atoms. The molecule has 6 nitrogen and oxygen atoms in total. The molecule has 0 aliphatic rings. The fourth-order valence-electron chi connectivity index (χ4n) is 1.30. The number of nitrogens with zero attached hydrogens (tertiary/aromatic N) is 1. The number of carboxylic acids is 1. The Morgan fingerprint density at radius 2 is 2.12 bits per heavy atom. The smallest absolute Gasteiger partial charge is 0.335 e. The zero-order valence-electron chi connectivity index (χ0n) is 8.99. The number of aliphatic hydroxyl groups excluding tert-OH is 2.